The maximum Gasteiger partial charge on any atom is 0.0127 e. The Labute approximate surface area is 103 Å². The standard InChI is InChI=1S/C15H33N/c1-12(2)9-10-15(7,13(3)4)11-14(5,6)16-8/h12-13,16H,9-11H2,1-8H3. The van der Waals surface area contributed by atoms with Gasteiger partial charge in [-0.3, -0.25) is 0 Å². The Bertz CT molecular complexity index is 194. The minimum absolute atomic E-state index is 0.246. The van der Waals surface area contributed by atoms with Crippen LogP contribution in [0.1, 0.15) is 67.7 Å². The summed E-state index contributed by atoms with van der Waals surface area (Å²) in [5.74, 6) is 1.56. The van der Waals surface area contributed by atoms with Gasteiger partial charge in [-0.25, -0.2) is 0 Å². The molecule has 0 bridgehead atoms. The third-order valence-electron chi connectivity index (χ3n) is 4.21. The molecule has 0 aliphatic rings. The van der Waals surface area contributed by atoms with Gasteiger partial charge >= 0.3 is 0 Å². The fraction of sp³-hybridized carbons (Fsp3) is 1.00. The number of nitrogens with one attached hydrogen (secondary N) is 1. The second-order valence-corrected chi connectivity index (χ2v) is 7.05. The van der Waals surface area contributed by atoms with Crippen LogP contribution in [-0.2, 0) is 0 Å². The van der Waals surface area contributed by atoms with Crippen LogP contribution in [0.25, 0.3) is 0 Å². The molecule has 1 heteroatoms. The summed E-state index contributed by atoms with van der Waals surface area (Å²) in [5.41, 5.74) is 0.701. The Balaban J connectivity index is 4.57. The van der Waals surface area contributed by atoms with Gasteiger partial charge in [0.2, 0.25) is 0 Å². The largest absolute Gasteiger partial charge is 0.315 e. The summed E-state index contributed by atoms with van der Waals surface area (Å²) in [6.07, 6.45) is 3.93. The zero-order chi connectivity index (χ0) is 13.0. The van der Waals surface area contributed by atoms with Crippen molar-refractivity contribution in [1.82, 2.24) is 5.32 Å². The molecule has 0 rings (SSSR count). The average molecular weight is 227 g/mol. The van der Waals surface area contributed by atoms with Crippen molar-refractivity contribution in [2.75, 3.05) is 7.05 Å². The maximum atomic E-state index is 3.44. The summed E-state index contributed by atoms with van der Waals surface area (Å²) in [6, 6.07) is 0. The molecule has 0 radical (unpaired) electrons. The molecule has 0 aliphatic heterocycles. The van der Waals surface area contributed by atoms with E-state index in [1.807, 2.05) is 0 Å². The Morgan fingerprint density at radius 3 is 1.81 bits per heavy atom. The van der Waals surface area contributed by atoms with Crippen LogP contribution in [0, 0.1) is 17.3 Å². The van der Waals surface area contributed by atoms with Crippen molar-refractivity contribution in [2.24, 2.45) is 17.3 Å². The first kappa shape index (κ1) is 16.0. The van der Waals surface area contributed by atoms with E-state index in [9.17, 15) is 0 Å². The van der Waals surface area contributed by atoms with Gasteiger partial charge in [-0.1, -0.05) is 41.0 Å². The fourth-order valence-corrected chi connectivity index (χ4v) is 2.30. The van der Waals surface area contributed by atoms with Crippen molar-refractivity contribution in [3.63, 3.8) is 0 Å². The highest BCUT2D eigenvalue weighted by molar-refractivity contribution is 4.88. The second kappa shape index (κ2) is 6.05. The van der Waals surface area contributed by atoms with E-state index in [0.717, 1.165) is 11.8 Å². The van der Waals surface area contributed by atoms with Crippen LogP contribution in [0.3, 0.4) is 0 Å². The van der Waals surface area contributed by atoms with Crippen molar-refractivity contribution >= 4 is 0 Å². The van der Waals surface area contributed by atoms with Gasteiger partial charge in [0.15, 0.2) is 0 Å². The summed E-state index contributed by atoms with van der Waals surface area (Å²) in [4.78, 5) is 0. The lowest BCUT2D eigenvalue weighted by molar-refractivity contribution is 0.123. The van der Waals surface area contributed by atoms with Crippen molar-refractivity contribution in [2.45, 2.75) is 73.3 Å². The lowest BCUT2D eigenvalue weighted by atomic mass is 9.68. The third-order valence-corrected chi connectivity index (χ3v) is 4.21. The van der Waals surface area contributed by atoms with E-state index in [-0.39, 0.29) is 5.54 Å². The van der Waals surface area contributed by atoms with Gasteiger partial charge in [-0.2, -0.15) is 0 Å². The smallest absolute Gasteiger partial charge is 0.0127 e. The predicted octanol–water partition coefficient (Wildman–Crippen LogP) is 4.47. The van der Waals surface area contributed by atoms with Crippen molar-refractivity contribution in [3.05, 3.63) is 0 Å². The van der Waals surface area contributed by atoms with Crippen LogP contribution in [-0.4, -0.2) is 12.6 Å². The van der Waals surface area contributed by atoms with Crippen molar-refractivity contribution in [1.29, 1.82) is 0 Å². The highest BCUT2D eigenvalue weighted by Crippen LogP contribution is 2.40. The number of hydrogen-bond acceptors (Lipinski definition) is 1. The topological polar surface area (TPSA) is 12.0 Å². The molecule has 0 saturated heterocycles. The Morgan fingerprint density at radius 2 is 1.50 bits per heavy atom. The highest BCUT2D eigenvalue weighted by atomic mass is 14.9. The molecule has 0 saturated carbocycles. The number of rotatable bonds is 7. The summed E-state index contributed by atoms with van der Waals surface area (Å²) in [7, 11) is 2.07. The van der Waals surface area contributed by atoms with Crippen molar-refractivity contribution in [3.8, 4) is 0 Å². The molecular weight excluding hydrogens is 194 g/mol. The molecule has 98 valence electrons. The second-order valence-electron chi connectivity index (χ2n) is 7.05. The molecule has 0 heterocycles. The van der Waals surface area contributed by atoms with E-state index >= 15 is 0 Å². The van der Waals surface area contributed by atoms with E-state index in [1.54, 1.807) is 0 Å². The van der Waals surface area contributed by atoms with E-state index in [2.05, 4.69) is 60.8 Å². The first-order valence-electron chi connectivity index (χ1n) is 6.82. The van der Waals surface area contributed by atoms with Crippen LogP contribution in [0.5, 0.6) is 0 Å². The normalized spacial score (nSPS) is 16.9. The van der Waals surface area contributed by atoms with Crippen molar-refractivity contribution < 1.29 is 0 Å². The van der Waals surface area contributed by atoms with Gasteiger partial charge in [0.1, 0.15) is 0 Å². The summed E-state index contributed by atoms with van der Waals surface area (Å²) in [6.45, 7) is 16.5. The van der Waals surface area contributed by atoms with Crippen LogP contribution in [0.2, 0.25) is 0 Å². The first-order chi connectivity index (χ1) is 7.13. The summed E-state index contributed by atoms with van der Waals surface area (Å²) in [5, 5.41) is 3.44. The molecule has 0 fully saturated rings. The van der Waals surface area contributed by atoms with Crippen LogP contribution < -0.4 is 5.32 Å². The Hall–Kier alpha value is -0.0400. The maximum absolute atomic E-state index is 3.44. The molecule has 0 aliphatic carbocycles. The highest BCUT2D eigenvalue weighted by Gasteiger charge is 2.34. The molecule has 0 aromatic heterocycles. The fourth-order valence-electron chi connectivity index (χ4n) is 2.30. The van der Waals surface area contributed by atoms with E-state index < -0.39 is 0 Å². The quantitative estimate of drug-likeness (QED) is 0.676. The van der Waals surface area contributed by atoms with Crippen LogP contribution in [0.4, 0.5) is 0 Å². The zero-order valence-corrected chi connectivity index (χ0v) is 12.8. The third kappa shape index (κ3) is 5.34. The van der Waals surface area contributed by atoms with E-state index in [4.69, 9.17) is 0 Å². The van der Waals surface area contributed by atoms with E-state index in [1.165, 1.54) is 19.3 Å². The molecule has 16 heavy (non-hydrogen) atoms. The molecule has 0 spiro atoms. The van der Waals surface area contributed by atoms with Gasteiger partial charge in [-0.15, -0.1) is 0 Å². The van der Waals surface area contributed by atoms with E-state index in [0.29, 0.717) is 5.41 Å². The summed E-state index contributed by atoms with van der Waals surface area (Å²) >= 11 is 0. The van der Waals surface area contributed by atoms with Gasteiger partial charge in [0.05, 0.1) is 0 Å². The molecule has 1 atom stereocenters. The number of hydrogen-bond donors (Lipinski definition) is 1. The minimum Gasteiger partial charge on any atom is -0.315 e. The molecule has 1 unspecified atom stereocenters. The lowest BCUT2D eigenvalue weighted by Crippen LogP contribution is -2.43. The molecular formula is C15H33N. The van der Waals surface area contributed by atoms with Crippen LogP contribution in [0.15, 0.2) is 0 Å². The summed E-state index contributed by atoms with van der Waals surface area (Å²) < 4.78 is 0. The minimum atomic E-state index is 0.246. The average Bonchev–Trinajstić information content (AvgIpc) is 2.14. The predicted molar refractivity (Wildman–Crippen MR) is 74.8 cm³/mol. The zero-order valence-electron chi connectivity index (χ0n) is 12.8. The monoisotopic (exact) mass is 227 g/mol. The van der Waals surface area contributed by atoms with Crippen LogP contribution >= 0.6 is 0 Å². The molecule has 0 aromatic carbocycles. The van der Waals surface area contributed by atoms with Gasteiger partial charge in [0.25, 0.3) is 0 Å². The van der Waals surface area contributed by atoms with Gasteiger partial charge < -0.3 is 5.32 Å². The van der Waals surface area contributed by atoms with Gasteiger partial charge in [-0.05, 0) is 51.0 Å². The molecule has 0 aromatic rings. The Morgan fingerprint density at radius 1 is 1.00 bits per heavy atom. The first-order valence-corrected chi connectivity index (χ1v) is 6.82. The molecule has 1 nitrogen and oxygen atoms in total. The Kier molecular flexibility index (Phi) is 6.03. The molecule has 0 amide bonds. The lowest BCUT2D eigenvalue weighted by Gasteiger charge is -2.41. The SMILES string of the molecule is CNC(C)(C)CC(C)(CCC(C)C)C(C)C. The van der Waals surface area contributed by atoms with Gasteiger partial charge in [0, 0.05) is 5.54 Å². The molecule has 1 N–H and O–H groups in total.